The number of thioether (sulfide) groups is 1. The molecule has 0 unspecified atom stereocenters. The van der Waals surface area contributed by atoms with Gasteiger partial charge >= 0.3 is 0 Å². The third-order valence-corrected chi connectivity index (χ3v) is 3.32. The van der Waals surface area contributed by atoms with Crippen LogP contribution in [0.3, 0.4) is 0 Å². The SMILES string of the molecule is C#CCOc1ccc(OC)cc1C=NN=C1NC(=O)CS1. The van der Waals surface area contributed by atoms with E-state index in [0.717, 1.165) is 0 Å². The van der Waals surface area contributed by atoms with Gasteiger partial charge in [-0.2, -0.15) is 5.10 Å². The van der Waals surface area contributed by atoms with Crippen molar-refractivity contribution in [3.05, 3.63) is 23.8 Å². The van der Waals surface area contributed by atoms with Crippen molar-refractivity contribution in [2.45, 2.75) is 0 Å². The zero-order valence-corrected chi connectivity index (χ0v) is 12.1. The average molecular weight is 303 g/mol. The van der Waals surface area contributed by atoms with Crippen LogP contribution in [0.25, 0.3) is 0 Å². The number of rotatable bonds is 5. The lowest BCUT2D eigenvalue weighted by atomic mass is 10.2. The first-order valence-corrected chi connectivity index (χ1v) is 6.99. The maximum absolute atomic E-state index is 11.0. The number of amidine groups is 1. The highest BCUT2D eigenvalue weighted by atomic mass is 32.2. The molecule has 1 aliphatic rings. The molecule has 0 radical (unpaired) electrons. The van der Waals surface area contributed by atoms with Crippen LogP contribution in [-0.4, -0.2) is 36.8 Å². The predicted molar refractivity (Wildman–Crippen MR) is 83.0 cm³/mol. The third-order valence-electron chi connectivity index (χ3n) is 2.46. The molecule has 1 amide bonds. The molecule has 1 N–H and O–H groups in total. The average Bonchev–Trinajstić information content (AvgIpc) is 2.91. The van der Waals surface area contributed by atoms with Crippen LogP contribution in [0.15, 0.2) is 28.4 Å². The molecule has 0 spiro atoms. The number of carbonyl (C=O) groups is 1. The molecule has 0 atom stereocenters. The molecule has 1 aromatic carbocycles. The van der Waals surface area contributed by atoms with Gasteiger partial charge < -0.3 is 14.8 Å². The van der Waals surface area contributed by atoms with E-state index < -0.39 is 0 Å². The first-order valence-electron chi connectivity index (χ1n) is 6.01. The van der Waals surface area contributed by atoms with Gasteiger partial charge in [-0.1, -0.05) is 17.7 Å². The van der Waals surface area contributed by atoms with Crippen molar-refractivity contribution in [1.29, 1.82) is 0 Å². The lowest BCUT2D eigenvalue weighted by molar-refractivity contribution is -0.116. The van der Waals surface area contributed by atoms with E-state index in [-0.39, 0.29) is 12.5 Å². The van der Waals surface area contributed by atoms with Crippen molar-refractivity contribution in [1.82, 2.24) is 5.32 Å². The maximum atomic E-state index is 11.0. The number of ether oxygens (including phenoxy) is 2. The van der Waals surface area contributed by atoms with Crippen LogP contribution < -0.4 is 14.8 Å². The summed E-state index contributed by atoms with van der Waals surface area (Å²) in [5.41, 5.74) is 0.684. The summed E-state index contributed by atoms with van der Waals surface area (Å²) in [6, 6.07) is 5.27. The molecule has 6 nitrogen and oxygen atoms in total. The summed E-state index contributed by atoms with van der Waals surface area (Å²) in [5.74, 6) is 3.94. The molecule has 1 aromatic rings. The number of carbonyl (C=O) groups excluding carboxylic acids is 1. The van der Waals surface area contributed by atoms with E-state index in [0.29, 0.717) is 28.0 Å². The van der Waals surface area contributed by atoms with Crippen molar-refractivity contribution in [2.75, 3.05) is 19.5 Å². The normalized spacial score (nSPS) is 16.0. The smallest absolute Gasteiger partial charge is 0.236 e. The van der Waals surface area contributed by atoms with Crippen molar-refractivity contribution < 1.29 is 14.3 Å². The van der Waals surface area contributed by atoms with Crippen LogP contribution in [0, 0.1) is 12.3 Å². The second-order valence-electron chi connectivity index (χ2n) is 3.88. The number of hydrogen-bond donors (Lipinski definition) is 1. The van der Waals surface area contributed by atoms with Gasteiger partial charge in [-0.3, -0.25) is 4.79 Å². The first-order chi connectivity index (χ1) is 10.2. The van der Waals surface area contributed by atoms with Crippen LogP contribution in [-0.2, 0) is 4.79 Å². The quantitative estimate of drug-likeness (QED) is 0.505. The zero-order chi connectivity index (χ0) is 15.1. The van der Waals surface area contributed by atoms with Crippen LogP contribution >= 0.6 is 11.8 Å². The number of nitrogens with one attached hydrogen (secondary N) is 1. The molecule has 7 heteroatoms. The van der Waals surface area contributed by atoms with E-state index in [1.54, 1.807) is 25.3 Å². The molecule has 1 aliphatic heterocycles. The van der Waals surface area contributed by atoms with E-state index in [1.165, 1.54) is 18.0 Å². The fourth-order valence-corrected chi connectivity index (χ4v) is 2.16. The summed E-state index contributed by atoms with van der Waals surface area (Å²) in [6.07, 6.45) is 6.70. The summed E-state index contributed by atoms with van der Waals surface area (Å²) in [7, 11) is 1.57. The Labute approximate surface area is 126 Å². The van der Waals surface area contributed by atoms with Gasteiger partial charge in [0.25, 0.3) is 0 Å². The lowest BCUT2D eigenvalue weighted by Gasteiger charge is -2.07. The van der Waals surface area contributed by atoms with Crippen molar-refractivity contribution in [3.8, 4) is 23.8 Å². The molecule has 0 bridgehead atoms. The van der Waals surface area contributed by atoms with Crippen LogP contribution in [0.5, 0.6) is 11.5 Å². The maximum Gasteiger partial charge on any atom is 0.236 e. The fraction of sp³-hybridized carbons (Fsp3) is 0.214. The van der Waals surface area contributed by atoms with E-state index >= 15 is 0 Å². The highest BCUT2D eigenvalue weighted by molar-refractivity contribution is 8.15. The second kappa shape index (κ2) is 7.36. The van der Waals surface area contributed by atoms with E-state index in [4.69, 9.17) is 15.9 Å². The number of benzene rings is 1. The van der Waals surface area contributed by atoms with Crippen molar-refractivity contribution in [2.24, 2.45) is 10.2 Å². The number of amides is 1. The molecular formula is C14H13N3O3S. The molecule has 108 valence electrons. The second-order valence-corrected chi connectivity index (χ2v) is 4.85. The molecule has 1 heterocycles. The Morgan fingerprint density at radius 3 is 3.10 bits per heavy atom. The Balaban J connectivity index is 2.16. The van der Waals surface area contributed by atoms with E-state index in [9.17, 15) is 4.79 Å². The van der Waals surface area contributed by atoms with E-state index in [1.807, 2.05) is 0 Å². The van der Waals surface area contributed by atoms with Gasteiger partial charge in [-0.05, 0) is 18.2 Å². The topological polar surface area (TPSA) is 72.3 Å². The van der Waals surface area contributed by atoms with Crippen LogP contribution in [0.2, 0.25) is 0 Å². The molecule has 0 aliphatic carbocycles. The van der Waals surface area contributed by atoms with Gasteiger partial charge in [0.1, 0.15) is 18.1 Å². The largest absolute Gasteiger partial charge is 0.497 e. The summed E-state index contributed by atoms with van der Waals surface area (Å²) >= 11 is 1.30. The molecule has 0 aromatic heterocycles. The van der Waals surface area contributed by atoms with E-state index in [2.05, 4.69) is 21.4 Å². The summed E-state index contributed by atoms with van der Waals surface area (Å²) in [5, 5.41) is 10.9. The van der Waals surface area contributed by atoms with Gasteiger partial charge in [-0.15, -0.1) is 11.5 Å². The van der Waals surface area contributed by atoms with Crippen LogP contribution in [0.4, 0.5) is 0 Å². The predicted octanol–water partition coefficient (Wildman–Crippen LogP) is 1.26. The minimum atomic E-state index is -0.0756. The minimum absolute atomic E-state index is 0.0756. The Hall–Kier alpha value is -2.46. The Morgan fingerprint density at radius 1 is 1.57 bits per heavy atom. The molecular weight excluding hydrogens is 290 g/mol. The first kappa shape index (κ1) is 14.9. The standard InChI is InChI=1S/C14H13N3O3S/c1-3-6-20-12-5-4-11(19-2)7-10(12)8-15-17-14-16-13(18)9-21-14/h1,4-5,7-8H,6,9H2,2H3,(H,16,17,18). The lowest BCUT2D eigenvalue weighted by Crippen LogP contribution is -2.19. The Morgan fingerprint density at radius 2 is 2.43 bits per heavy atom. The Bertz CT molecular complexity index is 635. The molecule has 2 rings (SSSR count). The third kappa shape index (κ3) is 4.26. The highest BCUT2D eigenvalue weighted by Gasteiger charge is 2.15. The van der Waals surface area contributed by atoms with Gasteiger partial charge in [0.15, 0.2) is 5.17 Å². The van der Waals surface area contributed by atoms with Gasteiger partial charge in [-0.25, -0.2) is 0 Å². The zero-order valence-electron chi connectivity index (χ0n) is 11.3. The molecule has 1 saturated heterocycles. The summed E-state index contributed by atoms with van der Waals surface area (Å²) in [4.78, 5) is 11.0. The number of terminal acetylenes is 1. The molecule has 1 fully saturated rings. The number of nitrogens with zero attached hydrogens (tertiary/aromatic N) is 2. The Kier molecular flexibility index (Phi) is 5.23. The minimum Gasteiger partial charge on any atom is -0.497 e. The van der Waals surface area contributed by atoms with Gasteiger partial charge in [0.05, 0.1) is 19.1 Å². The monoisotopic (exact) mass is 303 g/mol. The highest BCUT2D eigenvalue weighted by Crippen LogP contribution is 2.22. The molecule has 21 heavy (non-hydrogen) atoms. The van der Waals surface area contributed by atoms with Crippen molar-refractivity contribution in [3.63, 3.8) is 0 Å². The van der Waals surface area contributed by atoms with Crippen LogP contribution in [0.1, 0.15) is 5.56 Å². The van der Waals surface area contributed by atoms with Crippen molar-refractivity contribution >= 4 is 29.1 Å². The number of hydrogen-bond acceptors (Lipinski definition) is 6. The summed E-state index contributed by atoms with van der Waals surface area (Å²) in [6.45, 7) is 0.160. The fourth-order valence-electron chi connectivity index (χ4n) is 1.53. The molecule has 0 saturated carbocycles. The summed E-state index contributed by atoms with van der Waals surface area (Å²) < 4.78 is 10.6. The number of methoxy groups -OCH3 is 1. The van der Waals surface area contributed by atoms with Gasteiger partial charge in [0.2, 0.25) is 5.91 Å². The van der Waals surface area contributed by atoms with Gasteiger partial charge in [0, 0.05) is 5.56 Å².